The number of morpholine rings is 1. The molecule has 2 unspecified atom stereocenters. The minimum absolute atomic E-state index is 0.0804. The highest BCUT2D eigenvalue weighted by Crippen LogP contribution is 2.37. The van der Waals surface area contributed by atoms with Crippen LogP contribution in [0.4, 0.5) is 5.82 Å². The fraction of sp³-hybridized carbons (Fsp3) is 0.381. The van der Waals surface area contributed by atoms with Crippen molar-refractivity contribution in [2.24, 2.45) is 0 Å². The average Bonchev–Trinajstić information content (AvgIpc) is 3.02. The maximum Gasteiger partial charge on any atom is 0.349 e. The molecule has 0 spiro atoms. The molecule has 2 atom stereocenters. The summed E-state index contributed by atoms with van der Waals surface area (Å²) < 4.78 is 11.4. The number of hydrogen-bond donors (Lipinski definition) is 0. The Morgan fingerprint density at radius 1 is 1.24 bits per heavy atom. The molecule has 0 saturated carbocycles. The zero-order chi connectivity index (χ0) is 20.5. The topological polar surface area (TPSA) is 64.5 Å². The predicted molar refractivity (Wildman–Crippen MR) is 115 cm³/mol. The lowest BCUT2D eigenvalue weighted by atomic mass is 10.1. The van der Waals surface area contributed by atoms with E-state index in [4.69, 9.17) is 21.1 Å². The second-order valence-corrected chi connectivity index (χ2v) is 8.61. The number of benzene rings is 1. The van der Waals surface area contributed by atoms with Gasteiger partial charge in [0.2, 0.25) is 5.28 Å². The van der Waals surface area contributed by atoms with Gasteiger partial charge in [-0.05, 0) is 43.5 Å². The van der Waals surface area contributed by atoms with Gasteiger partial charge >= 0.3 is 5.97 Å². The molecule has 1 fully saturated rings. The monoisotopic (exact) mass is 431 g/mol. The summed E-state index contributed by atoms with van der Waals surface area (Å²) in [6.07, 6.45) is 0.161. The van der Waals surface area contributed by atoms with Gasteiger partial charge in [0.25, 0.3) is 0 Å². The zero-order valence-electron chi connectivity index (χ0n) is 16.5. The number of aromatic nitrogens is 2. The van der Waals surface area contributed by atoms with Crippen LogP contribution in [0.2, 0.25) is 5.28 Å². The van der Waals surface area contributed by atoms with Crippen LogP contribution in [0.15, 0.2) is 30.3 Å². The van der Waals surface area contributed by atoms with Crippen molar-refractivity contribution in [1.29, 1.82) is 0 Å². The van der Waals surface area contributed by atoms with Gasteiger partial charge in [-0.1, -0.05) is 30.3 Å². The summed E-state index contributed by atoms with van der Waals surface area (Å²) in [6, 6.07) is 9.62. The highest BCUT2D eigenvalue weighted by atomic mass is 35.5. The zero-order valence-corrected chi connectivity index (χ0v) is 18.1. The van der Waals surface area contributed by atoms with Crippen molar-refractivity contribution >= 4 is 44.9 Å². The summed E-state index contributed by atoms with van der Waals surface area (Å²) in [7, 11) is 0. The lowest BCUT2D eigenvalue weighted by Gasteiger charge is -2.36. The van der Waals surface area contributed by atoms with Gasteiger partial charge in [-0.3, -0.25) is 0 Å². The number of aryl methyl sites for hydroxylation is 1. The van der Waals surface area contributed by atoms with Gasteiger partial charge in [0.15, 0.2) is 0 Å². The SMILES string of the molecule is Cc1c(C(=O)OCc2ccccc2)sc2nc(Cl)nc(N3CC(C)OC(C)C3)c12. The van der Waals surface area contributed by atoms with Crippen LogP contribution in [-0.4, -0.2) is 41.2 Å². The number of anilines is 1. The highest BCUT2D eigenvalue weighted by molar-refractivity contribution is 7.20. The Kier molecular flexibility index (Phi) is 5.72. The van der Waals surface area contributed by atoms with E-state index in [1.54, 1.807) is 0 Å². The first-order valence-electron chi connectivity index (χ1n) is 9.50. The van der Waals surface area contributed by atoms with Crippen LogP contribution in [0.3, 0.4) is 0 Å². The van der Waals surface area contributed by atoms with E-state index in [2.05, 4.69) is 14.9 Å². The molecule has 8 heteroatoms. The molecule has 0 N–H and O–H groups in total. The molecule has 1 aliphatic heterocycles. The van der Waals surface area contributed by atoms with Crippen LogP contribution < -0.4 is 4.90 Å². The molecule has 2 aromatic heterocycles. The van der Waals surface area contributed by atoms with Crippen molar-refractivity contribution < 1.29 is 14.3 Å². The fourth-order valence-electron chi connectivity index (χ4n) is 3.66. The lowest BCUT2D eigenvalue weighted by molar-refractivity contribution is -0.00538. The third kappa shape index (κ3) is 4.22. The van der Waals surface area contributed by atoms with Crippen LogP contribution in [-0.2, 0) is 16.1 Å². The Labute approximate surface area is 178 Å². The lowest BCUT2D eigenvalue weighted by Crippen LogP contribution is -2.46. The third-order valence-corrected chi connectivity index (χ3v) is 6.20. The first-order valence-corrected chi connectivity index (χ1v) is 10.7. The van der Waals surface area contributed by atoms with Crippen LogP contribution in [0.25, 0.3) is 10.2 Å². The van der Waals surface area contributed by atoms with Crippen LogP contribution in [0.1, 0.15) is 34.6 Å². The van der Waals surface area contributed by atoms with Gasteiger partial charge < -0.3 is 14.4 Å². The molecule has 0 amide bonds. The molecule has 1 aromatic carbocycles. The number of thiophene rings is 1. The second kappa shape index (κ2) is 8.26. The molecule has 3 aromatic rings. The van der Waals surface area contributed by atoms with Crippen molar-refractivity contribution in [1.82, 2.24) is 9.97 Å². The third-order valence-electron chi connectivity index (χ3n) is 4.86. The summed E-state index contributed by atoms with van der Waals surface area (Å²) in [5.74, 6) is 0.387. The molecule has 1 saturated heterocycles. The summed E-state index contributed by atoms with van der Waals surface area (Å²) in [5, 5.41) is 1.03. The van der Waals surface area contributed by atoms with Crippen LogP contribution in [0, 0.1) is 6.92 Å². The summed E-state index contributed by atoms with van der Waals surface area (Å²) >= 11 is 7.50. The maximum atomic E-state index is 12.8. The van der Waals surface area contributed by atoms with Gasteiger partial charge in [-0.15, -0.1) is 11.3 Å². The molecular weight excluding hydrogens is 410 g/mol. The largest absolute Gasteiger partial charge is 0.457 e. The molecule has 0 aliphatic carbocycles. The van der Waals surface area contributed by atoms with E-state index in [1.807, 2.05) is 51.1 Å². The van der Waals surface area contributed by atoms with Gasteiger partial charge in [-0.25, -0.2) is 9.78 Å². The first kappa shape index (κ1) is 20.1. The Morgan fingerprint density at radius 3 is 2.62 bits per heavy atom. The quantitative estimate of drug-likeness (QED) is 0.443. The molecule has 6 nitrogen and oxygen atoms in total. The molecule has 29 heavy (non-hydrogen) atoms. The Bertz CT molecular complexity index is 1030. The smallest absolute Gasteiger partial charge is 0.349 e. The maximum absolute atomic E-state index is 12.8. The number of fused-ring (bicyclic) bond motifs is 1. The van der Waals surface area contributed by atoms with Crippen LogP contribution >= 0.6 is 22.9 Å². The molecule has 0 bridgehead atoms. The average molecular weight is 432 g/mol. The molecule has 152 valence electrons. The summed E-state index contributed by atoms with van der Waals surface area (Å²) in [6.45, 7) is 7.62. The van der Waals surface area contributed by atoms with E-state index in [9.17, 15) is 4.79 Å². The van der Waals surface area contributed by atoms with Crippen molar-refractivity contribution in [2.75, 3.05) is 18.0 Å². The number of hydrogen-bond acceptors (Lipinski definition) is 7. The molecule has 0 radical (unpaired) electrons. The van der Waals surface area contributed by atoms with Crippen molar-refractivity contribution in [2.45, 2.75) is 39.6 Å². The molecule has 1 aliphatic rings. The van der Waals surface area contributed by atoms with Gasteiger partial charge in [0.1, 0.15) is 22.1 Å². The minimum Gasteiger partial charge on any atom is -0.457 e. The van der Waals surface area contributed by atoms with Gasteiger partial charge in [-0.2, -0.15) is 4.98 Å². The number of rotatable bonds is 4. The Morgan fingerprint density at radius 2 is 1.93 bits per heavy atom. The number of esters is 1. The van der Waals surface area contributed by atoms with E-state index >= 15 is 0 Å². The van der Waals surface area contributed by atoms with Gasteiger partial charge in [0, 0.05) is 13.1 Å². The Hall–Kier alpha value is -2.22. The first-order chi connectivity index (χ1) is 13.9. The number of halogens is 1. The highest BCUT2D eigenvalue weighted by Gasteiger charge is 2.28. The van der Waals surface area contributed by atoms with E-state index in [0.717, 1.165) is 22.3 Å². The predicted octanol–water partition coefficient (Wildman–Crippen LogP) is 4.62. The van der Waals surface area contributed by atoms with E-state index in [0.29, 0.717) is 22.8 Å². The van der Waals surface area contributed by atoms with Gasteiger partial charge in [0.05, 0.1) is 17.6 Å². The van der Waals surface area contributed by atoms with E-state index in [1.165, 1.54) is 11.3 Å². The number of nitrogens with zero attached hydrogens (tertiary/aromatic N) is 3. The van der Waals surface area contributed by atoms with Crippen molar-refractivity contribution in [3.63, 3.8) is 0 Å². The van der Waals surface area contributed by atoms with Crippen LogP contribution in [0.5, 0.6) is 0 Å². The number of carbonyl (C=O) groups is 1. The second-order valence-electron chi connectivity index (χ2n) is 7.28. The summed E-state index contributed by atoms with van der Waals surface area (Å²) in [5.41, 5.74) is 1.76. The number of ether oxygens (including phenoxy) is 2. The van der Waals surface area contributed by atoms with Crippen molar-refractivity contribution in [3.8, 4) is 0 Å². The normalized spacial score (nSPS) is 19.5. The number of carbonyl (C=O) groups excluding carboxylic acids is 1. The standard InChI is InChI=1S/C21H22ClN3O3S/c1-12-9-25(10-13(2)28-12)18-16-14(3)17(29-19(16)24-21(22)23-18)20(26)27-11-15-7-5-4-6-8-15/h4-8,12-13H,9-11H2,1-3H3. The van der Waals surface area contributed by atoms with Crippen molar-refractivity contribution in [3.05, 3.63) is 51.6 Å². The summed E-state index contributed by atoms with van der Waals surface area (Å²) in [4.78, 5) is 25.0. The van der Waals surface area contributed by atoms with E-state index in [-0.39, 0.29) is 30.1 Å². The molecule has 3 heterocycles. The Balaban J connectivity index is 1.67. The molecular formula is C21H22ClN3O3S. The molecule has 4 rings (SSSR count). The minimum atomic E-state index is -0.361. The fourth-order valence-corrected chi connectivity index (χ4v) is 4.94. The van der Waals surface area contributed by atoms with E-state index < -0.39 is 0 Å².